The molecule has 45 heavy (non-hydrogen) atoms. The van der Waals surface area contributed by atoms with E-state index in [9.17, 15) is 45.6 Å². The molecule has 0 aromatic heterocycles. The summed E-state index contributed by atoms with van der Waals surface area (Å²) in [7, 11) is 0. The van der Waals surface area contributed by atoms with Gasteiger partial charge in [-0.15, -0.1) is 0 Å². The van der Waals surface area contributed by atoms with Crippen LogP contribution >= 0.6 is 0 Å². The first kappa shape index (κ1) is 36.8. The van der Waals surface area contributed by atoms with Crippen molar-refractivity contribution in [2.45, 2.75) is 127 Å². The van der Waals surface area contributed by atoms with E-state index >= 15 is 0 Å². The van der Waals surface area contributed by atoms with Gasteiger partial charge in [0.05, 0.1) is 26.4 Å². The van der Waals surface area contributed by atoms with Crippen molar-refractivity contribution in [1.29, 1.82) is 0 Å². The summed E-state index contributed by atoms with van der Waals surface area (Å²) in [5.74, 6) is 0.0797. The van der Waals surface area contributed by atoms with Crippen LogP contribution in [0.5, 0.6) is 0 Å². The van der Waals surface area contributed by atoms with Crippen LogP contribution in [0.25, 0.3) is 0 Å². The van der Waals surface area contributed by atoms with Crippen molar-refractivity contribution in [3.05, 3.63) is 12.2 Å². The Kier molecular flexibility index (Phi) is 12.3. The van der Waals surface area contributed by atoms with Gasteiger partial charge in [0.15, 0.2) is 12.6 Å². The van der Waals surface area contributed by atoms with Crippen LogP contribution in [0.3, 0.4) is 0 Å². The molecule has 0 spiro atoms. The zero-order chi connectivity index (χ0) is 33.3. The van der Waals surface area contributed by atoms with Crippen molar-refractivity contribution in [2.24, 2.45) is 28.6 Å². The standard InChI is InChI=1S/C32H54O13/c1-16(8-11-42-29-26(40)24(38)22(36)20(13-33)44-29)6-7-18-17(2)12-19(35)28-31(3,9-5-10-32(18,28)4)15-43-30-27(41)25(39)23(37)21(14-34)45-30/h16,18,20-30,33-34,36-41H,2,5-15H2,1,3-4H3/t16-,18-,20+,21+,22+,23+,24-,25-,26+,27+,28-,29+,30+,31+,32+/m0/s1. The molecule has 13 nitrogen and oxygen atoms in total. The third-order valence-electron chi connectivity index (χ3n) is 10.9. The summed E-state index contributed by atoms with van der Waals surface area (Å²) >= 11 is 0. The number of ether oxygens (including phenoxy) is 4. The molecule has 0 bridgehead atoms. The van der Waals surface area contributed by atoms with Gasteiger partial charge in [0, 0.05) is 17.8 Å². The average Bonchev–Trinajstić information content (AvgIpc) is 2.99. The maximum atomic E-state index is 13.7. The first-order valence-electron chi connectivity index (χ1n) is 16.2. The summed E-state index contributed by atoms with van der Waals surface area (Å²) in [4.78, 5) is 13.7. The monoisotopic (exact) mass is 646 g/mol. The van der Waals surface area contributed by atoms with Crippen LogP contribution in [0.15, 0.2) is 12.2 Å². The Bertz CT molecular complexity index is 1010. The average molecular weight is 647 g/mol. The molecule has 2 aliphatic carbocycles. The van der Waals surface area contributed by atoms with Crippen LogP contribution in [0, 0.1) is 28.6 Å². The molecule has 4 aliphatic rings. The Labute approximate surface area is 264 Å². The lowest BCUT2D eigenvalue weighted by Gasteiger charge is -2.58. The highest BCUT2D eigenvalue weighted by Crippen LogP contribution is 2.61. The van der Waals surface area contributed by atoms with Gasteiger partial charge in [-0.2, -0.15) is 0 Å². The van der Waals surface area contributed by atoms with E-state index in [2.05, 4.69) is 20.4 Å². The van der Waals surface area contributed by atoms with Crippen molar-refractivity contribution in [3.8, 4) is 0 Å². The number of allylic oxidation sites excluding steroid dienone is 1. The van der Waals surface area contributed by atoms with Crippen molar-refractivity contribution < 1.29 is 64.6 Å². The van der Waals surface area contributed by atoms with E-state index in [4.69, 9.17) is 18.9 Å². The second-order valence-corrected chi connectivity index (χ2v) is 14.3. The minimum Gasteiger partial charge on any atom is -0.394 e. The third-order valence-corrected chi connectivity index (χ3v) is 10.9. The fourth-order valence-electron chi connectivity index (χ4n) is 8.36. The first-order chi connectivity index (χ1) is 21.2. The number of rotatable bonds is 12. The van der Waals surface area contributed by atoms with Crippen LogP contribution < -0.4 is 0 Å². The highest BCUT2D eigenvalue weighted by atomic mass is 16.7. The van der Waals surface area contributed by atoms with E-state index in [0.29, 0.717) is 6.42 Å². The first-order valence-corrected chi connectivity index (χ1v) is 16.2. The lowest BCUT2D eigenvalue weighted by molar-refractivity contribution is -0.308. The molecule has 0 aromatic rings. The molecule has 0 aromatic carbocycles. The van der Waals surface area contributed by atoms with E-state index in [0.717, 1.165) is 37.7 Å². The maximum Gasteiger partial charge on any atom is 0.186 e. The van der Waals surface area contributed by atoms with E-state index < -0.39 is 80.0 Å². The predicted octanol–water partition coefficient (Wildman–Crippen LogP) is -0.616. The van der Waals surface area contributed by atoms with Crippen LogP contribution in [-0.4, -0.2) is 134 Å². The van der Waals surface area contributed by atoms with Crippen molar-refractivity contribution in [2.75, 3.05) is 26.4 Å². The molecule has 4 rings (SSSR count). The van der Waals surface area contributed by atoms with Crippen LogP contribution in [0.2, 0.25) is 0 Å². The highest BCUT2D eigenvalue weighted by Gasteiger charge is 2.58. The van der Waals surface area contributed by atoms with Gasteiger partial charge in [-0.05, 0) is 42.9 Å². The second kappa shape index (κ2) is 15.0. The number of Topliss-reactive ketones (excluding diaryl/α,β-unsaturated/α-hetero) is 1. The molecule has 0 amide bonds. The fourth-order valence-corrected chi connectivity index (χ4v) is 8.36. The van der Waals surface area contributed by atoms with Crippen LogP contribution in [0.1, 0.15) is 65.7 Å². The number of fused-ring (bicyclic) bond motifs is 1. The van der Waals surface area contributed by atoms with E-state index in [-0.39, 0.29) is 48.6 Å². The molecule has 2 aliphatic heterocycles. The van der Waals surface area contributed by atoms with Crippen LogP contribution in [0.4, 0.5) is 0 Å². The van der Waals surface area contributed by atoms with Gasteiger partial charge < -0.3 is 59.8 Å². The molecule has 2 saturated carbocycles. The molecule has 0 radical (unpaired) electrons. The Morgan fingerprint density at radius 3 is 1.96 bits per heavy atom. The van der Waals surface area contributed by atoms with Crippen molar-refractivity contribution >= 4 is 5.78 Å². The molecular formula is C32H54O13. The Hall–Kier alpha value is -1.07. The Morgan fingerprint density at radius 2 is 1.40 bits per heavy atom. The highest BCUT2D eigenvalue weighted by molar-refractivity contribution is 5.86. The second-order valence-electron chi connectivity index (χ2n) is 14.3. The van der Waals surface area contributed by atoms with Gasteiger partial charge in [-0.1, -0.05) is 45.8 Å². The number of hydrogen-bond acceptors (Lipinski definition) is 13. The van der Waals surface area contributed by atoms with Crippen molar-refractivity contribution in [1.82, 2.24) is 0 Å². The normalized spacial score (nSPS) is 46.6. The predicted molar refractivity (Wildman–Crippen MR) is 158 cm³/mol. The molecule has 4 fully saturated rings. The molecule has 2 saturated heterocycles. The van der Waals surface area contributed by atoms with Gasteiger partial charge in [-0.25, -0.2) is 0 Å². The molecule has 2 heterocycles. The quantitative estimate of drug-likeness (QED) is 0.124. The zero-order valence-corrected chi connectivity index (χ0v) is 26.6. The Balaban J connectivity index is 1.35. The number of ketones is 1. The zero-order valence-electron chi connectivity index (χ0n) is 26.6. The third kappa shape index (κ3) is 7.50. The van der Waals surface area contributed by atoms with E-state index in [1.165, 1.54) is 0 Å². The van der Waals surface area contributed by atoms with Gasteiger partial charge >= 0.3 is 0 Å². The number of aliphatic hydroxyl groups excluding tert-OH is 8. The molecule has 260 valence electrons. The molecule has 8 N–H and O–H groups in total. The molecule has 13 heteroatoms. The number of aliphatic hydroxyl groups is 8. The topological polar surface area (TPSA) is 216 Å². The lowest BCUT2D eigenvalue weighted by atomic mass is 9.46. The molecule has 0 unspecified atom stereocenters. The van der Waals surface area contributed by atoms with Gasteiger partial charge in [-0.3, -0.25) is 4.79 Å². The summed E-state index contributed by atoms with van der Waals surface area (Å²) < 4.78 is 22.7. The Morgan fingerprint density at radius 1 is 0.844 bits per heavy atom. The summed E-state index contributed by atoms with van der Waals surface area (Å²) in [5, 5.41) is 79.9. The number of carbonyl (C=O) groups is 1. The summed E-state index contributed by atoms with van der Waals surface area (Å²) in [5.41, 5.74) is -0.0279. The largest absolute Gasteiger partial charge is 0.394 e. The molecule has 15 atom stereocenters. The summed E-state index contributed by atoms with van der Waals surface area (Å²) in [6.45, 7) is 9.83. The number of hydrogen-bond donors (Lipinski definition) is 8. The number of carbonyl (C=O) groups excluding carboxylic acids is 1. The smallest absolute Gasteiger partial charge is 0.186 e. The van der Waals surface area contributed by atoms with Crippen molar-refractivity contribution in [3.63, 3.8) is 0 Å². The van der Waals surface area contributed by atoms with Crippen LogP contribution in [-0.2, 0) is 23.7 Å². The summed E-state index contributed by atoms with van der Waals surface area (Å²) in [6, 6.07) is 0. The van der Waals surface area contributed by atoms with Gasteiger partial charge in [0.2, 0.25) is 0 Å². The van der Waals surface area contributed by atoms with Gasteiger partial charge in [0.1, 0.15) is 54.6 Å². The van der Waals surface area contributed by atoms with E-state index in [1.54, 1.807) is 0 Å². The molecular weight excluding hydrogens is 592 g/mol. The van der Waals surface area contributed by atoms with Gasteiger partial charge in [0.25, 0.3) is 0 Å². The fraction of sp³-hybridized carbons (Fsp3) is 0.906. The lowest BCUT2D eigenvalue weighted by Crippen LogP contribution is -2.60. The maximum absolute atomic E-state index is 13.7. The minimum absolute atomic E-state index is 0.0842. The minimum atomic E-state index is -1.54. The van der Waals surface area contributed by atoms with E-state index in [1.807, 2.05) is 6.92 Å². The summed E-state index contributed by atoms with van der Waals surface area (Å²) in [6.07, 6.45) is -8.46. The SMILES string of the molecule is C=C1CC(=O)[C@H]2[C@@](C)(CO[C@@H]3O[C@H](CO)[C@@H](O)[C@H](O)[C@H]3O)CCC[C@]2(C)[C@H]1CC[C@H](C)CCO[C@@H]1O[C@H](CO)[C@@H](O)[C@H](O)[C@H]1O.